The molecule has 1 aliphatic rings. The predicted molar refractivity (Wildman–Crippen MR) is 97.1 cm³/mol. The van der Waals surface area contributed by atoms with E-state index in [9.17, 15) is 0 Å². The van der Waals surface area contributed by atoms with E-state index in [1.165, 1.54) is 48.7 Å². The molecule has 1 unspecified atom stereocenters. The molecule has 3 nitrogen and oxygen atoms in total. The first-order chi connectivity index (χ1) is 11.2. The van der Waals surface area contributed by atoms with E-state index in [1.807, 2.05) is 6.07 Å². The molecule has 3 heteroatoms. The Morgan fingerprint density at radius 1 is 1.04 bits per heavy atom. The summed E-state index contributed by atoms with van der Waals surface area (Å²) in [4.78, 5) is 2.59. The van der Waals surface area contributed by atoms with Gasteiger partial charge in [-0.25, -0.2) is 0 Å². The van der Waals surface area contributed by atoms with Gasteiger partial charge in [0.05, 0.1) is 7.11 Å². The molecule has 1 atom stereocenters. The summed E-state index contributed by atoms with van der Waals surface area (Å²) in [6.45, 7) is 6.91. The van der Waals surface area contributed by atoms with Gasteiger partial charge in [-0.2, -0.15) is 0 Å². The van der Waals surface area contributed by atoms with Gasteiger partial charge in [0.15, 0.2) is 0 Å². The van der Waals surface area contributed by atoms with Crippen molar-refractivity contribution in [2.45, 2.75) is 38.8 Å². The monoisotopic (exact) mass is 312 g/mol. The molecule has 2 aromatic carbocycles. The molecule has 3 rings (SSSR count). The molecule has 0 spiro atoms. The Morgan fingerprint density at radius 2 is 1.78 bits per heavy atom. The van der Waals surface area contributed by atoms with Gasteiger partial charge in [0.25, 0.3) is 0 Å². The molecule has 1 aliphatic heterocycles. The molecule has 0 amide bonds. The minimum absolute atomic E-state index is 0.527. The Balaban J connectivity index is 1.56. The maximum absolute atomic E-state index is 5.29. The van der Waals surface area contributed by atoms with E-state index < -0.39 is 0 Å². The van der Waals surface area contributed by atoms with Gasteiger partial charge in [-0.05, 0) is 67.4 Å². The molecule has 1 heterocycles. The van der Waals surface area contributed by atoms with Gasteiger partial charge in [-0.1, -0.05) is 24.6 Å². The topological polar surface area (TPSA) is 24.5 Å². The number of nitrogens with zero attached hydrogens (tertiary/aromatic N) is 1. The smallest absolute Gasteiger partial charge is 0.119 e. The third-order valence-electron chi connectivity index (χ3n) is 4.75. The Morgan fingerprint density at radius 3 is 2.57 bits per heavy atom. The molecule has 1 fully saturated rings. The molecule has 1 N–H and O–H groups in total. The minimum atomic E-state index is 0.527. The van der Waals surface area contributed by atoms with Gasteiger partial charge < -0.3 is 15.0 Å². The van der Waals surface area contributed by atoms with E-state index in [1.54, 1.807) is 7.11 Å². The first-order valence-electron chi connectivity index (χ1n) is 8.77. The highest BCUT2D eigenvalue weighted by atomic mass is 16.5. The highest BCUT2D eigenvalue weighted by Crippen LogP contribution is 2.21. The first kappa shape index (κ1) is 16.3. The summed E-state index contributed by atoms with van der Waals surface area (Å²) in [6.07, 6.45) is 4.13. The van der Waals surface area contributed by atoms with Crippen LogP contribution in [0.2, 0.25) is 0 Å². The second kappa shape index (κ2) is 7.80. The van der Waals surface area contributed by atoms with Crippen molar-refractivity contribution in [2.24, 2.45) is 0 Å². The number of rotatable bonds is 6. The summed E-state index contributed by atoms with van der Waals surface area (Å²) in [7, 11) is 1.71. The Bertz CT molecular complexity index is 635. The van der Waals surface area contributed by atoms with Crippen molar-refractivity contribution in [2.75, 3.05) is 26.7 Å². The number of ether oxygens (including phenoxy) is 1. The number of likely N-dealkylation sites (tertiary alicyclic amines) is 1. The third-order valence-corrected chi connectivity index (χ3v) is 4.75. The fourth-order valence-electron chi connectivity index (χ4n) is 3.40. The van der Waals surface area contributed by atoms with E-state index >= 15 is 0 Å². The van der Waals surface area contributed by atoms with Crippen molar-refractivity contribution in [3.8, 4) is 5.75 Å². The summed E-state index contributed by atoms with van der Waals surface area (Å²) < 4.78 is 5.29. The molecule has 0 aliphatic carbocycles. The summed E-state index contributed by atoms with van der Waals surface area (Å²) in [5.41, 5.74) is 1.34. The van der Waals surface area contributed by atoms with Crippen molar-refractivity contribution in [1.29, 1.82) is 0 Å². The van der Waals surface area contributed by atoms with Crippen LogP contribution in [0.5, 0.6) is 5.75 Å². The molecule has 0 bridgehead atoms. The lowest BCUT2D eigenvalue weighted by molar-refractivity contribution is 0.209. The van der Waals surface area contributed by atoms with Gasteiger partial charge in [-0.15, -0.1) is 0 Å². The lowest BCUT2D eigenvalue weighted by Crippen LogP contribution is -2.41. The molecule has 124 valence electrons. The van der Waals surface area contributed by atoms with E-state index in [-0.39, 0.29) is 0 Å². The number of hydrogen-bond acceptors (Lipinski definition) is 3. The molecular formula is C20H28N2O. The van der Waals surface area contributed by atoms with Gasteiger partial charge >= 0.3 is 0 Å². The average Bonchev–Trinajstić information content (AvgIpc) is 2.60. The van der Waals surface area contributed by atoms with Gasteiger partial charge in [0.1, 0.15) is 5.75 Å². The summed E-state index contributed by atoms with van der Waals surface area (Å²) >= 11 is 0. The molecule has 0 radical (unpaired) electrons. The van der Waals surface area contributed by atoms with Gasteiger partial charge in [0.2, 0.25) is 0 Å². The normalized spacial score (nSPS) is 17.3. The number of methoxy groups -OCH3 is 1. The van der Waals surface area contributed by atoms with Crippen LogP contribution < -0.4 is 10.1 Å². The molecule has 1 saturated heterocycles. The van der Waals surface area contributed by atoms with E-state index in [0.717, 1.165) is 18.8 Å². The van der Waals surface area contributed by atoms with Crippen molar-refractivity contribution in [1.82, 2.24) is 10.2 Å². The highest BCUT2D eigenvalue weighted by molar-refractivity contribution is 5.84. The maximum atomic E-state index is 5.29. The van der Waals surface area contributed by atoms with Crippen LogP contribution in [0.15, 0.2) is 36.4 Å². The zero-order valence-corrected chi connectivity index (χ0v) is 14.3. The fourth-order valence-corrected chi connectivity index (χ4v) is 3.40. The Hall–Kier alpha value is -1.58. The van der Waals surface area contributed by atoms with E-state index in [0.29, 0.717) is 6.04 Å². The predicted octanol–water partition coefficient (Wildman–Crippen LogP) is 3.81. The van der Waals surface area contributed by atoms with Crippen molar-refractivity contribution < 1.29 is 4.74 Å². The van der Waals surface area contributed by atoms with Gasteiger partial charge in [-0.3, -0.25) is 0 Å². The largest absolute Gasteiger partial charge is 0.497 e. The third kappa shape index (κ3) is 4.46. The van der Waals surface area contributed by atoms with Crippen LogP contribution in [0.3, 0.4) is 0 Å². The fraction of sp³-hybridized carbons (Fsp3) is 0.500. The zero-order chi connectivity index (χ0) is 16.1. The summed E-state index contributed by atoms with van der Waals surface area (Å²) in [5.74, 6) is 0.915. The van der Waals surface area contributed by atoms with Crippen LogP contribution in [0, 0.1) is 0 Å². The van der Waals surface area contributed by atoms with E-state index in [4.69, 9.17) is 4.74 Å². The van der Waals surface area contributed by atoms with Crippen molar-refractivity contribution in [3.63, 3.8) is 0 Å². The molecule has 23 heavy (non-hydrogen) atoms. The number of hydrogen-bond donors (Lipinski definition) is 1. The first-order valence-corrected chi connectivity index (χ1v) is 8.77. The second-order valence-electron chi connectivity index (χ2n) is 6.69. The van der Waals surface area contributed by atoms with Crippen LogP contribution >= 0.6 is 0 Å². The number of piperidine rings is 1. The Kier molecular flexibility index (Phi) is 5.52. The summed E-state index contributed by atoms with van der Waals surface area (Å²) in [6, 6.07) is 13.4. The molecule has 0 aromatic heterocycles. The minimum Gasteiger partial charge on any atom is -0.497 e. The molecule has 2 aromatic rings. The van der Waals surface area contributed by atoms with E-state index in [2.05, 4.69) is 47.5 Å². The Labute approximate surface area is 139 Å². The maximum Gasteiger partial charge on any atom is 0.119 e. The number of benzene rings is 2. The number of nitrogens with one attached hydrogen (secondary N) is 1. The van der Waals surface area contributed by atoms with Gasteiger partial charge in [0, 0.05) is 19.1 Å². The van der Waals surface area contributed by atoms with Crippen molar-refractivity contribution >= 4 is 10.8 Å². The van der Waals surface area contributed by atoms with Crippen LogP contribution in [-0.2, 0) is 6.54 Å². The average molecular weight is 312 g/mol. The molecular weight excluding hydrogens is 284 g/mol. The lowest BCUT2D eigenvalue weighted by Gasteiger charge is -2.29. The quantitative estimate of drug-likeness (QED) is 0.878. The lowest BCUT2D eigenvalue weighted by atomic mass is 10.1. The van der Waals surface area contributed by atoms with Crippen LogP contribution in [0.1, 0.15) is 31.7 Å². The molecule has 0 saturated carbocycles. The van der Waals surface area contributed by atoms with Crippen LogP contribution in [0.4, 0.5) is 0 Å². The summed E-state index contributed by atoms with van der Waals surface area (Å²) in [5, 5.41) is 6.17. The standard InChI is InChI=1S/C20H28N2O/c1-16(15-22-10-4-3-5-11-22)21-14-17-6-7-19-13-20(23-2)9-8-18(19)12-17/h6-9,12-13,16,21H,3-5,10-11,14-15H2,1-2H3. The SMILES string of the molecule is COc1ccc2cc(CNC(C)CN3CCCCC3)ccc2c1. The zero-order valence-electron chi connectivity index (χ0n) is 14.3. The van der Waals surface area contributed by atoms with Crippen molar-refractivity contribution in [3.05, 3.63) is 42.0 Å². The second-order valence-corrected chi connectivity index (χ2v) is 6.69. The van der Waals surface area contributed by atoms with Crippen LogP contribution in [0.25, 0.3) is 10.8 Å². The number of fused-ring (bicyclic) bond motifs is 1. The van der Waals surface area contributed by atoms with Crippen LogP contribution in [-0.4, -0.2) is 37.7 Å². The highest BCUT2D eigenvalue weighted by Gasteiger charge is 2.13.